The first kappa shape index (κ1) is 26.5. The summed E-state index contributed by atoms with van der Waals surface area (Å²) in [6.45, 7) is 5.63. The lowest BCUT2D eigenvalue weighted by atomic mass is 9.79. The van der Waals surface area contributed by atoms with Gasteiger partial charge in [0.05, 0.1) is 13.2 Å². The van der Waals surface area contributed by atoms with Crippen LogP contribution in [0.2, 0.25) is 0 Å². The van der Waals surface area contributed by atoms with Crippen molar-refractivity contribution in [2.24, 2.45) is 11.8 Å². The molecule has 0 N–H and O–H groups in total. The zero-order chi connectivity index (χ0) is 23.8. The maximum atomic E-state index is 5.63. The van der Waals surface area contributed by atoms with Crippen LogP contribution in [-0.4, -0.2) is 6.61 Å². The normalized spacial score (nSPS) is 18.8. The second kappa shape index (κ2) is 15.7. The van der Waals surface area contributed by atoms with Crippen LogP contribution in [0.15, 0.2) is 72.8 Å². The molecule has 1 aliphatic carbocycles. The highest BCUT2D eigenvalue weighted by Crippen LogP contribution is 2.32. The van der Waals surface area contributed by atoms with Crippen LogP contribution in [-0.2, 0) is 30.6 Å². The number of aryl methyl sites for hydroxylation is 3. The molecule has 0 radical (unpaired) electrons. The van der Waals surface area contributed by atoms with Crippen LogP contribution in [0.1, 0.15) is 87.5 Å². The second-order valence-electron chi connectivity index (χ2n) is 10.1. The summed E-state index contributed by atoms with van der Waals surface area (Å²) < 4.78 is 5.63. The van der Waals surface area contributed by atoms with Crippen LogP contribution < -0.4 is 0 Å². The molecule has 0 aromatic heterocycles. The molecule has 1 aliphatic rings. The number of unbranched alkanes of at least 4 members (excludes halogenated alkanes) is 1. The van der Waals surface area contributed by atoms with E-state index in [9.17, 15) is 0 Å². The van der Waals surface area contributed by atoms with Crippen LogP contribution in [0.25, 0.3) is 0 Å². The van der Waals surface area contributed by atoms with Gasteiger partial charge < -0.3 is 4.74 Å². The van der Waals surface area contributed by atoms with Gasteiger partial charge in [-0.1, -0.05) is 92.6 Å². The number of rotatable bonds is 14. The molecular weight excluding hydrogens is 412 g/mol. The number of allylic oxidation sites excluding steroid dienone is 3. The van der Waals surface area contributed by atoms with E-state index in [-0.39, 0.29) is 0 Å². The third-order valence-electron chi connectivity index (χ3n) is 7.33. The van der Waals surface area contributed by atoms with E-state index >= 15 is 0 Å². The zero-order valence-corrected chi connectivity index (χ0v) is 21.7. The van der Waals surface area contributed by atoms with Crippen molar-refractivity contribution in [2.45, 2.75) is 91.1 Å². The molecule has 1 nitrogen and oxygen atoms in total. The molecule has 2 aromatic carbocycles. The smallest absolute Gasteiger partial charge is 0.0721 e. The summed E-state index contributed by atoms with van der Waals surface area (Å²) in [6.07, 6.45) is 23.4. The van der Waals surface area contributed by atoms with E-state index in [2.05, 4.69) is 67.6 Å². The van der Waals surface area contributed by atoms with Crippen molar-refractivity contribution >= 4 is 0 Å². The molecule has 0 bridgehead atoms. The maximum absolute atomic E-state index is 5.63. The molecule has 0 heterocycles. The van der Waals surface area contributed by atoms with E-state index in [1.54, 1.807) is 0 Å². The number of hydrogen-bond donors (Lipinski definition) is 0. The van der Waals surface area contributed by atoms with Crippen LogP contribution >= 0.6 is 0 Å². The molecule has 34 heavy (non-hydrogen) atoms. The molecule has 184 valence electrons. The molecular formula is C33H46O. The summed E-state index contributed by atoms with van der Waals surface area (Å²) in [7, 11) is 0. The Morgan fingerprint density at radius 3 is 1.91 bits per heavy atom. The van der Waals surface area contributed by atoms with Gasteiger partial charge in [-0.25, -0.2) is 0 Å². The highest BCUT2D eigenvalue weighted by Gasteiger charge is 2.18. The van der Waals surface area contributed by atoms with Crippen molar-refractivity contribution < 1.29 is 4.74 Å². The average molecular weight is 459 g/mol. The van der Waals surface area contributed by atoms with Crippen LogP contribution in [0.5, 0.6) is 0 Å². The third-order valence-corrected chi connectivity index (χ3v) is 7.33. The minimum Gasteiger partial charge on any atom is -0.373 e. The van der Waals surface area contributed by atoms with Gasteiger partial charge in [-0.2, -0.15) is 0 Å². The highest BCUT2D eigenvalue weighted by atomic mass is 16.5. The summed E-state index contributed by atoms with van der Waals surface area (Å²) in [6, 6.07) is 18.3. The van der Waals surface area contributed by atoms with E-state index in [0.29, 0.717) is 13.2 Å². The molecule has 1 heteroatoms. The van der Waals surface area contributed by atoms with Gasteiger partial charge in [0, 0.05) is 0 Å². The molecule has 0 saturated heterocycles. The Labute approximate surface area is 209 Å². The first-order valence-corrected chi connectivity index (χ1v) is 13.8. The number of ether oxygens (including phenoxy) is 1. The largest absolute Gasteiger partial charge is 0.373 e. The fourth-order valence-electron chi connectivity index (χ4n) is 5.06. The van der Waals surface area contributed by atoms with Crippen molar-refractivity contribution in [2.75, 3.05) is 6.61 Å². The van der Waals surface area contributed by atoms with Crippen molar-refractivity contribution in [3.63, 3.8) is 0 Å². The van der Waals surface area contributed by atoms with Gasteiger partial charge in [0.1, 0.15) is 0 Å². The van der Waals surface area contributed by atoms with E-state index < -0.39 is 0 Å². The van der Waals surface area contributed by atoms with Gasteiger partial charge in [0.2, 0.25) is 0 Å². The fourth-order valence-corrected chi connectivity index (χ4v) is 5.06. The summed E-state index contributed by atoms with van der Waals surface area (Å²) in [5, 5.41) is 0. The Balaban J connectivity index is 1.29. The lowest BCUT2D eigenvalue weighted by Gasteiger charge is -2.26. The topological polar surface area (TPSA) is 9.23 Å². The molecule has 0 unspecified atom stereocenters. The highest BCUT2D eigenvalue weighted by molar-refractivity contribution is 5.26. The SMILES string of the molecule is C/C=C/COCc1ccc(CCc2ccc(CCCC[C@H]3CC[C@H](/C=C/CC)CC3)cc2)cc1. The molecule has 0 spiro atoms. The molecule has 0 amide bonds. The first-order chi connectivity index (χ1) is 16.8. The molecule has 1 saturated carbocycles. The van der Waals surface area contributed by atoms with Crippen LogP contribution in [0.4, 0.5) is 0 Å². The molecule has 0 aliphatic heterocycles. The van der Waals surface area contributed by atoms with Crippen molar-refractivity contribution in [1.82, 2.24) is 0 Å². The summed E-state index contributed by atoms with van der Waals surface area (Å²) in [5.41, 5.74) is 5.59. The van der Waals surface area contributed by atoms with E-state index in [1.807, 2.05) is 19.1 Å². The van der Waals surface area contributed by atoms with E-state index in [4.69, 9.17) is 4.74 Å². The summed E-state index contributed by atoms with van der Waals surface area (Å²) in [4.78, 5) is 0. The fraction of sp³-hybridized carbons (Fsp3) is 0.515. The van der Waals surface area contributed by atoms with Crippen molar-refractivity contribution in [3.05, 3.63) is 95.1 Å². The van der Waals surface area contributed by atoms with Crippen molar-refractivity contribution in [1.29, 1.82) is 0 Å². The first-order valence-electron chi connectivity index (χ1n) is 13.8. The minimum atomic E-state index is 0.684. The summed E-state index contributed by atoms with van der Waals surface area (Å²) in [5.74, 6) is 1.84. The van der Waals surface area contributed by atoms with E-state index in [1.165, 1.54) is 80.0 Å². The van der Waals surface area contributed by atoms with Gasteiger partial charge >= 0.3 is 0 Å². The van der Waals surface area contributed by atoms with Gasteiger partial charge in [0.15, 0.2) is 0 Å². The maximum Gasteiger partial charge on any atom is 0.0721 e. The second-order valence-corrected chi connectivity index (χ2v) is 10.1. The quantitative estimate of drug-likeness (QED) is 0.203. The molecule has 0 atom stereocenters. The predicted octanol–water partition coefficient (Wildman–Crippen LogP) is 9.05. The lowest BCUT2D eigenvalue weighted by Crippen LogP contribution is -2.13. The van der Waals surface area contributed by atoms with Crippen molar-refractivity contribution in [3.8, 4) is 0 Å². The van der Waals surface area contributed by atoms with Gasteiger partial charge in [0.25, 0.3) is 0 Å². The molecule has 2 aromatic rings. The average Bonchev–Trinajstić information content (AvgIpc) is 2.89. The Morgan fingerprint density at radius 1 is 0.735 bits per heavy atom. The zero-order valence-electron chi connectivity index (χ0n) is 21.7. The van der Waals surface area contributed by atoms with Gasteiger partial charge in [-0.05, 0) is 98.8 Å². The summed E-state index contributed by atoms with van der Waals surface area (Å²) >= 11 is 0. The number of hydrogen-bond acceptors (Lipinski definition) is 1. The Morgan fingerprint density at radius 2 is 1.32 bits per heavy atom. The van der Waals surface area contributed by atoms with Gasteiger partial charge in [-0.15, -0.1) is 0 Å². The van der Waals surface area contributed by atoms with Gasteiger partial charge in [-0.3, -0.25) is 0 Å². The third kappa shape index (κ3) is 10.0. The van der Waals surface area contributed by atoms with Crippen LogP contribution in [0, 0.1) is 11.8 Å². The monoisotopic (exact) mass is 458 g/mol. The standard InChI is InChI=1S/C33H46O/c1-3-5-9-28-12-14-29(15-13-28)10-7-8-11-30-16-18-31(19-17-30)20-21-32-22-24-33(25-23-32)27-34-26-6-4-2/h4-6,9,16-19,22-25,28-29H,3,7-8,10-15,20-21,26-27H2,1-2H3/b6-4+,9-5+/t28-,29-. The Kier molecular flexibility index (Phi) is 12.2. The number of benzene rings is 2. The molecule has 3 rings (SSSR count). The van der Waals surface area contributed by atoms with E-state index in [0.717, 1.165) is 24.7 Å². The predicted molar refractivity (Wildman–Crippen MR) is 147 cm³/mol. The Bertz CT molecular complexity index is 835. The minimum absolute atomic E-state index is 0.684. The molecule has 1 fully saturated rings. The lowest BCUT2D eigenvalue weighted by molar-refractivity contribution is 0.148. The van der Waals surface area contributed by atoms with Crippen LogP contribution in [0.3, 0.4) is 0 Å². The Hall–Kier alpha value is -2.12.